The van der Waals surface area contributed by atoms with Gasteiger partial charge in [-0.15, -0.1) is 29.9 Å². The van der Waals surface area contributed by atoms with Gasteiger partial charge in [-0.1, -0.05) is 16.6 Å². The highest BCUT2D eigenvalue weighted by atomic mass is 35.5. The lowest BCUT2D eigenvalue weighted by Gasteiger charge is -1.78. The fraction of sp³-hybridized carbons (Fsp3) is 0. The van der Waals surface area contributed by atoms with Gasteiger partial charge in [-0.2, -0.15) is 0 Å². The Hall–Kier alpha value is -0.380. The third-order valence-corrected chi connectivity index (χ3v) is 1.86. The van der Waals surface area contributed by atoms with Gasteiger partial charge >= 0.3 is 0 Å². The molecule has 0 unspecified atom stereocenters. The van der Waals surface area contributed by atoms with Crippen LogP contribution in [-0.2, 0) is 0 Å². The van der Waals surface area contributed by atoms with Gasteiger partial charge in [-0.3, -0.25) is 0 Å². The van der Waals surface area contributed by atoms with Crippen LogP contribution in [0, 0.1) is 0 Å². The predicted molar refractivity (Wildman–Crippen MR) is 51.9 cm³/mol. The second kappa shape index (κ2) is 4.49. The van der Waals surface area contributed by atoms with Crippen molar-refractivity contribution >= 4 is 46.6 Å². The van der Waals surface area contributed by atoms with Gasteiger partial charge in [0.2, 0.25) is 0 Å². The molecule has 60 valence electrons. The molecule has 0 aliphatic rings. The van der Waals surface area contributed by atoms with Crippen LogP contribution in [0.25, 0.3) is 10.2 Å². The van der Waals surface area contributed by atoms with Crippen molar-refractivity contribution in [2.75, 3.05) is 0 Å². The second-order valence-corrected chi connectivity index (χ2v) is 2.53. The fourth-order valence-electron chi connectivity index (χ4n) is 0.725. The zero-order valence-electron chi connectivity index (χ0n) is 5.43. The molecular weight excluding hydrogens is 203 g/mol. The summed E-state index contributed by atoms with van der Waals surface area (Å²) in [5.41, 5.74) is 0.988. The SMILES string of the molecule is Cl.Cl.c1ccc2snnc2c1. The predicted octanol–water partition coefficient (Wildman–Crippen LogP) is 2.53. The summed E-state index contributed by atoms with van der Waals surface area (Å²) in [4.78, 5) is 0. The Bertz CT molecular complexity index is 293. The zero-order valence-corrected chi connectivity index (χ0v) is 7.88. The molecule has 2 aromatic rings. The molecule has 0 spiro atoms. The summed E-state index contributed by atoms with van der Waals surface area (Å²) in [6.45, 7) is 0. The average molecular weight is 209 g/mol. The van der Waals surface area contributed by atoms with Crippen molar-refractivity contribution in [3.8, 4) is 0 Å². The number of hydrogen-bond acceptors (Lipinski definition) is 3. The number of halogens is 2. The largest absolute Gasteiger partial charge is 0.147 e. The number of hydrogen-bond donors (Lipinski definition) is 0. The summed E-state index contributed by atoms with van der Waals surface area (Å²) in [7, 11) is 0. The van der Waals surface area contributed by atoms with Crippen LogP contribution in [0.1, 0.15) is 0 Å². The molecule has 0 N–H and O–H groups in total. The van der Waals surface area contributed by atoms with Crippen molar-refractivity contribution in [1.29, 1.82) is 0 Å². The lowest BCUT2D eigenvalue weighted by Crippen LogP contribution is -1.63. The molecule has 0 saturated carbocycles. The Labute approximate surface area is 80.6 Å². The molecular formula is C6H6Cl2N2S. The maximum absolute atomic E-state index is 3.89. The normalized spacial score (nSPS) is 8.36. The first kappa shape index (κ1) is 10.6. The molecule has 0 amide bonds. The molecule has 1 heterocycles. The minimum atomic E-state index is 0. The molecule has 1 aromatic carbocycles. The molecule has 1 aromatic heterocycles. The molecule has 0 bridgehead atoms. The van der Waals surface area contributed by atoms with E-state index < -0.39 is 0 Å². The van der Waals surface area contributed by atoms with Gasteiger partial charge in [0.25, 0.3) is 0 Å². The lowest BCUT2D eigenvalue weighted by molar-refractivity contribution is 1.20. The van der Waals surface area contributed by atoms with E-state index >= 15 is 0 Å². The van der Waals surface area contributed by atoms with Crippen molar-refractivity contribution in [2.24, 2.45) is 0 Å². The first-order chi connectivity index (χ1) is 4.47. The van der Waals surface area contributed by atoms with Crippen LogP contribution in [0.5, 0.6) is 0 Å². The first-order valence-electron chi connectivity index (χ1n) is 2.64. The van der Waals surface area contributed by atoms with Crippen molar-refractivity contribution < 1.29 is 0 Å². The van der Waals surface area contributed by atoms with Gasteiger partial charge in [0, 0.05) is 0 Å². The standard InChI is InChI=1S/C6H4N2S.2ClH/c1-2-4-6-5(3-1)7-8-9-6;;/h1-4H;2*1H. The van der Waals surface area contributed by atoms with E-state index in [9.17, 15) is 0 Å². The van der Waals surface area contributed by atoms with E-state index in [-0.39, 0.29) is 24.8 Å². The molecule has 0 fully saturated rings. The Morgan fingerprint density at radius 3 is 2.55 bits per heavy atom. The van der Waals surface area contributed by atoms with Crippen LogP contribution < -0.4 is 0 Å². The van der Waals surface area contributed by atoms with Gasteiger partial charge in [0.05, 0.1) is 4.70 Å². The van der Waals surface area contributed by atoms with E-state index in [0.29, 0.717) is 0 Å². The quantitative estimate of drug-likeness (QED) is 0.666. The molecule has 0 aliphatic carbocycles. The summed E-state index contributed by atoms with van der Waals surface area (Å²) in [6.07, 6.45) is 0. The van der Waals surface area contributed by atoms with E-state index in [4.69, 9.17) is 0 Å². The average Bonchev–Trinajstić information content (AvgIpc) is 2.33. The lowest BCUT2D eigenvalue weighted by atomic mass is 10.3. The van der Waals surface area contributed by atoms with E-state index in [1.165, 1.54) is 11.5 Å². The maximum atomic E-state index is 3.89. The van der Waals surface area contributed by atoms with Crippen LogP contribution in [0.2, 0.25) is 0 Å². The number of fused-ring (bicyclic) bond motifs is 1. The van der Waals surface area contributed by atoms with Crippen LogP contribution in [-0.4, -0.2) is 9.59 Å². The Kier molecular flexibility index (Phi) is 4.33. The summed E-state index contributed by atoms with van der Waals surface area (Å²) in [5.74, 6) is 0. The van der Waals surface area contributed by atoms with Crippen molar-refractivity contribution in [3.63, 3.8) is 0 Å². The number of aromatic nitrogens is 2. The van der Waals surface area contributed by atoms with Crippen molar-refractivity contribution in [3.05, 3.63) is 24.3 Å². The minimum Gasteiger partial charge on any atom is -0.147 e. The summed E-state index contributed by atoms with van der Waals surface area (Å²) >= 11 is 1.43. The highest BCUT2D eigenvalue weighted by molar-refractivity contribution is 7.12. The number of nitrogens with zero attached hydrogens (tertiary/aromatic N) is 2. The van der Waals surface area contributed by atoms with E-state index in [1.54, 1.807) is 0 Å². The monoisotopic (exact) mass is 208 g/mol. The molecule has 0 atom stereocenters. The molecule has 2 rings (SSSR count). The fourth-order valence-corrected chi connectivity index (χ4v) is 1.28. The highest BCUT2D eigenvalue weighted by Gasteiger charge is 1.91. The maximum Gasteiger partial charge on any atom is 0.105 e. The third kappa shape index (κ3) is 2.02. The van der Waals surface area contributed by atoms with Crippen LogP contribution in [0.3, 0.4) is 0 Å². The summed E-state index contributed by atoms with van der Waals surface area (Å²) in [5, 5.41) is 3.89. The number of rotatable bonds is 0. The van der Waals surface area contributed by atoms with E-state index in [2.05, 4.69) is 9.59 Å². The highest BCUT2D eigenvalue weighted by Crippen LogP contribution is 2.12. The van der Waals surface area contributed by atoms with Crippen LogP contribution >= 0.6 is 36.3 Å². The van der Waals surface area contributed by atoms with Gasteiger partial charge in [0.1, 0.15) is 5.52 Å². The Morgan fingerprint density at radius 2 is 1.82 bits per heavy atom. The molecule has 2 nitrogen and oxygen atoms in total. The minimum absolute atomic E-state index is 0. The molecule has 11 heavy (non-hydrogen) atoms. The smallest absolute Gasteiger partial charge is 0.105 e. The molecule has 0 saturated heterocycles. The van der Waals surface area contributed by atoms with Crippen molar-refractivity contribution in [1.82, 2.24) is 9.59 Å². The van der Waals surface area contributed by atoms with Crippen LogP contribution in [0.4, 0.5) is 0 Å². The molecule has 0 radical (unpaired) electrons. The first-order valence-corrected chi connectivity index (χ1v) is 3.41. The van der Waals surface area contributed by atoms with Gasteiger partial charge in [0.15, 0.2) is 0 Å². The Morgan fingerprint density at radius 1 is 1.09 bits per heavy atom. The summed E-state index contributed by atoms with van der Waals surface area (Å²) in [6, 6.07) is 7.92. The third-order valence-electron chi connectivity index (χ3n) is 1.15. The topological polar surface area (TPSA) is 25.8 Å². The van der Waals surface area contributed by atoms with Gasteiger partial charge in [-0.25, -0.2) is 0 Å². The second-order valence-electron chi connectivity index (χ2n) is 1.74. The van der Waals surface area contributed by atoms with Gasteiger partial charge in [-0.05, 0) is 23.7 Å². The van der Waals surface area contributed by atoms with Crippen molar-refractivity contribution in [2.45, 2.75) is 0 Å². The molecule has 0 aliphatic heterocycles. The summed E-state index contributed by atoms with van der Waals surface area (Å²) < 4.78 is 4.94. The number of benzene rings is 1. The van der Waals surface area contributed by atoms with Gasteiger partial charge < -0.3 is 0 Å². The zero-order chi connectivity index (χ0) is 6.10. The molecule has 5 heteroatoms. The Balaban J connectivity index is 0.000000500. The van der Waals surface area contributed by atoms with E-state index in [1.807, 2.05) is 24.3 Å². The van der Waals surface area contributed by atoms with Crippen LogP contribution in [0.15, 0.2) is 24.3 Å². The van der Waals surface area contributed by atoms with E-state index in [0.717, 1.165) is 10.2 Å².